The summed E-state index contributed by atoms with van der Waals surface area (Å²) in [7, 11) is -2.81. The average molecular weight is 258 g/mol. The van der Waals surface area contributed by atoms with Gasteiger partial charge in [-0.1, -0.05) is 0 Å². The van der Waals surface area contributed by atoms with E-state index in [2.05, 4.69) is 4.98 Å². The van der Waals surface area contributed by atoms with Crippen molar-refractivity contribution in [1.82, 2.24) is 4.98 Å². The van der Waals surface area contributed by atoms with Crippen LogP contribution in [0.4, 0.5) is 0 Å². The van der Waals surface area contributed by atoms with Crippen molar-refractivity contribution in [3.8, 4) is 0 Å². The lowest BCUT2D eigenvalue weighted by Gasteiger charge is -2.19. The lowest BCUT2D eigenvalue weighted by molar-refractivity contribution is 0.486. The number of oxazole rings is 1. The fourth-order valence-corrected chi connectivity index (χ4v) is 3.56. The highest BCUT2D eigenvalue weighted by Gasteiger charge is 2.26. The summed E-state index contributed by atoms with van der Waals surface area (Å²) in [6.07, 6.45) is 4.59. The van der Waals surface area contributed by atoms with E-state index in [4.69, 9.17) is 10.2 Å². The molecule has 5 nitrogen and oxygen atoms in total. The molecule has 0 atom stereocenters. The molecule has 2 heterocycles. The van der Waals surface area contributed by atoms with E-state index in [9.17, 15) is 8.42 Å². The number of hydrogen-bond donors (Lipinski definition) is 1. The summed E-state index contributed by atoms with van der Waals surface area (Å²) in [5, 5.41) is 0. The lowest BCUT2D eigenvalue weighted by Crippen LogP contribution is -2.22. The second kappa shape index (κ2) is 5.18. The molecule has 1 aromatic rings. The van der Waals surface area contributed by atoms with Crippen LogP contribution in [0.1, 0.15) is 36.8 Å². The van der Waals surface area contributed by atoms with Gasteiger partial charge in [-0.25, -0.2) is 13.4 Å². The zero-order valence-corrected chi connectivity index (χ0v) is 10.6. The quantitative estimate of drug-likeness (QED) is 0.865. The van der Waals surface area contributed by atoms with Gasteiger partial charge in [-0.3, -0.25) is 0 Å². The number of aryl methyl sites for hydroxylation is 1. The molecule has 0 radical (unpaired) electrons. The summed E-state index contributed by atoms with van der Waals surface area (Å²) >= 11 is 0. The molecule has 0 amide bonds. The van der Waals surface area contributed by atoms with Gasteiger partial charge in [-0.05, 0) is 25.8 Å². The lowest BCUT2D eigenvalue weighted by atomic mass is 10.00. The van der Waals surface area contributed by atoms with Crippen LogP contribution in [0, 0.1) is 0 Å². The first kappa shape index (κ1) is 12.6. The van der Waals surface area contributed by atoms with E-state index in [1.54, 1.807) is 6.26 Å². The maximum Gasteiger partial charge on any atom is 0.194 e. The van der Waals surface area contributed by atoms with Crippen LogP contribution in [-0.2, 0) is 16.3 Å². The predicted molar refractivity (Wildman–Crippen MR) is 64.5 cm³/mol. The van der Waals surface area contributed by atoms with E-state index < -0.39 is 9.84 Å². The van der Waals surface area contributed by atoms with E-state index >= 15 is 0 Å². The zero-order valence-electron chi connectivity index (χ0n) is 9.76. The molecule has 6 heteroatoms. The molecule has 2 rings (SSSR count). The van der Waals surface area contributed by atoms with Crippen molar-refractivity contribution < 1.29 is 12.8 Å². The van der Waals surface area contributed by atoms with Crippen molar-refractivity contribution in [2.45, 2.75) is 31.6 Å². The van der Waals surface area contributed by atoms with Crippen LogP contribution in [0.2, 0.25) is 0 Å². The van der Waals surface area contributed by atoms with E-state index in [0.29, 0.717) is 25.3 Å². The first-order valence-electron chi connectivity index (χ1n) is 5.95. The molecule has 1 saturated heterocycles. The highest BCUT2D eigenvalue weighted by atomic mass is 32.2. The fourth-order valence-electron chi connectivity index (χ4n) is 2.07. The summed E-state index contributed by atoms with van der Waals surface area (Å²) in [6.45, 7) is 0.624. The minimum atomic E-state index is -2.81. The van der Waals surface area contributed by atoms with Crippen molar-refractivity contribution >= 4 is 9.84 Å². The van der Waals surface area contributed by atoms with Crippen LogP contribution >= 0.6 is 0 Å². The van der Waals surface area contributed by atoms with Crippen LogP contribution in [-0.4, -0.2) is 31.5 Å². The van der Waals surface area contributed by atoms with Crippen molar-refractivity contribution in [1.29, 1.82) is 0 Å². The Morgan fingerprint density at radius 2 is 2.12 bits per heavy atom. The number of aromatic nitrogens is 1. The van der Waals surface area contributed by atoms with E-state index in [1.807, 2.05) is 0 Å². The topological polar surface area (TPSA) is 86.2 Å². The van der Waals surface area contributed by atoms with Gasteiger partial charge < -0.3 is 10.2 Å². The maximum atomic E-state index is 11.3. The van der Waals surface area contributed by atoms with Gasteiger partial charge in [0.05, 0.1) is 17.2 Å². The molecule has 1 aromatic heterocycles. The van der Waals surface area contributed by atoms with E-state index in [-0.39, 0.29) is 17.4 Å². The Kier molecular flexibility index (Phi) is 3.83. The first-order chi connectivity index (χ1) is 8.11. The molecular formula is C11H18N2O3S. The third-order valence-electron chi connectivity index (χ3n) is 3.14. The summed E-state index contributed by atoms with van der Waals surface area (Å²) in [5.74, 6) is 1.47. The zero-order chi connectivity index (χ0) is 12.3. The number of rotatable bonds is 4. The van der Waals surface area contributed by atoms with Gasteiger partial charge in [-0.2, -0.15) is 0 Å². The highest BCUT2D eigenvalue weighted by Crippen LogP contribution is 2.28. The fraction of sp³-hybridized carbons (Fsp3) is 0.727. The molecule has 1 aliphatic heterocycles. The van der Waals surface area contributed by atoms with Crippen molar-refractivity contribution in [3.05, 3.63) is 17.8 Å². The first-order valence-corrected chi connectivity index (χ1v) is 7.77. The van der Waals surface area contributed by atoms with E-state index in [1.165, 1.54) is 0 Å². The molecule has 17 heavy (non-hydrogen) atoms. The van der Waals surface area contributed by atoms with Crippen LogP contribution in [0.25, 0.3) is 0 Å². The summed E-state index contributed by atoms with van der Waals surface area (Å²) in [6, 6.07) is 0. The third-order valence-corrected chi connectivity index (χ3v) is 4.85. The van der Waals surface area contributed by atoms with E-state index in [0.717, 1.165) is 18.5 Å². The smallest absolute Gasteiger partial charge is 0.194 e. The Balaban J connectivity index is 1.96. The van der Waals surface area contributed by atoms with Gasteiger partial charge in [0.25, 0.3) is 0 Å². The molecule has 0 aliphatic carbocycles. The van der Waals surface area contributed by atoms with Crippen molar-refractivity contribution in [3.63, 3.8) is 0 Å². The molecule has 0 aromatic carbocycles. The molecule has 0 saturated carbocycles. The SMILES string of the molecule is NCCCc1nc(C2CCS(=O)(=O)CC2)co1. The standard InChI is InChI=1S/C11H18N2O3S/c12-5-1-2-11-13-10(8-16-11)9-3-6-17(14,15)7-4-9/h8-9H,1-7,12H2. The van der Waals surface area contributed by atoms with Gasteiger partial charge in [0.2, 0.25) is 0 Å². The van der Waals surface area contributed by atoms with Crippen LogP contribution < -0.4 is 5.73 Å². The molecule has 0 unspecified atom stereocenters. The molecule has 2 N–H and O–H groups in total. The molecule has 0 spiro atoms. The Labute approximate surface area is 101 Å². The van der Waals surface area contributed by atoms with Crippen molar-refractivity contribution in [2.24, 2.45) is 5.73 Å². The van der Waals surface area contributed by atoms with Gasteiger partial charge >= 0.3 is 0 Å². The second-order valence-electron chi connectivity index (χ2n) is 4.48. The Bertz CT molecular complexity index is 453. The van der Waals surface area contributed by atoms with Crippen molar-refractivity contribution in [2.75, 3.05) is 18.1 Å². The monoisotopic (exact) mass is 258 g/mol. The van der Waals surface area contributed by atoms with Gasteiger partial charge in [-0.15, -0.1) is 0 Å². The number of nitrogens with zero attached hydrogens (tertiary/aromatic N) is 1. The largest absolute Gasteiger partial charge is 0.449 e. The predicted octanol–water partition coefficient (Wildman–Crippen LogP) is 0.858. The minimum Gasteiger partial charge on any atom is -0.449 e. The highest BCUT2D eigenvalue weighted by molar-refractivity contribution is 7.91. The van der Waals surface area contributed by atoms with Crippen LogP contribution in [0.15, 0.2) is 10.7 Å². The Morgan fingerprint density at radius 3 is 2.76 bits per heavy atom. The molecule has 1 fully saturated rings. The summed E-state index contributed by atoms with van der Waals surface area (Å²) < 4.78 is 28.0. The second-order valence-corrected chi connectivity index (χ2v) is 6.79. The molecular weight excluding hydrogens is 240 g/mol. The third kappa shape index (κ3) is 3.29. The summed E-state index contributed by atoms with van der Waals surface area (Å²) in [4.78, 5) is 4.40. The summed E-state index contributed by atoms with van der Waals surface area (Å²) in [5.41, 5.74) is 6.31. The number of nitrogens with two attached hydrogens (primary N) is 1. The van der Waals surface area contributed by atoms with Gasteiger partial charge in [0.1, 0.15) is 16.1 Å². The number of sulfone groups is 1. The van der Waals surface area contributed by atoms with Gasteiger partial charge in [0, 0.05) is 12.3 Å². The van der Waals surface area contributed by atoms with Crippen LogP contribution in [0.5, 0.6) is 0 Å². The van der Waals surface area contributed by atoms with Crippen LogP contribution in [0.3, 0.4) is 0 Å². The normalized spacial score (nSPS) is 20.5. The molecule has 0 bridgehead atoms. The Morgan fingerprint density at radius 1 is 1.41 bits per heavy atom. The van der Waals surface area contributed by atoms with Gasteiger partial charge in [0.15, 0.2) is 5.89 Å². The maximum absolute atomic E-state index is 11.3. The molecule has 1 aliphatic rings. The number of hydrogen-bond acceptors (Lipinski definition) is 5. The minimum absolute atomic E-state index is 0.230. The average Bonchev–Trinajstić information content (AvgIpc) is 2.75. The Hall–Kier alpha value is -0.880. The molecule has 96 valence electrons.